The van der Waals surface area contributed by atoms with Crippen molar-refractivity contribution in [3.8, 4) is 11.3 Å². The first kappa shape index (κ1) is 10.8. The number of hydrogen-bond donors (Lipinski definition) is 2. The Bertz CT molecular complexity index is 422. The zero-order chi connectivity index (χ0) is 11.2. The summed E-state index contributed by atoms with van der Waals surface area (Å²) in [7, 11) is 0. The maximum Gasteiger partial charge on any atom is 0.0696 e. The largest absolute Gasteiger partial charge is 0.313 e. The second-order valence-electron chi connectivity index (χ2n) is 3.68. The van der Waals surface area contributed by atoms with Crippen LogP contribution in [0.3, 0.4) is 0 Å². The van der Waals surface area contributed by atoms with Gasteiger partial charge in [0.15, 0.2) is 0 Å². The average molecular weight is 216 g/mol. The minimum absolute atomic E-state index is 0.849. The van der Waals surface area contributed by atoms with Gasteiger partial charge in [-0.15, -0.1) is 0 Å². The Morgan fingerprint density at radius 1 is 1.31 bits per heavy atom. The number of nitrogens with one attached hydrogen (secondary N) is 2. The van der Waals surface area contributed by atoms with Crippen LogP contribution in [0.5, 0.6) is 0 Å². The first-order chi connectivity index (χ1) is 7.92. The van der Waals surface area contributed by atoms with Crippen molar-refractivity contribution < 1.29 is 0 Å². The van der Waals surface area contributed by atoms with E-state index in [1.54, 1.807) is 12.4 Å². The van der Waals surface area contributed by atoms with Gasteiger partial charge in [-0.1, -0.05) is 6.92 Å². The van der Waals surface area contributed by atoms with Crippen LogP contribution in [0.2, 0.25) is 0 Å². The molecule has 0 aliphatic rings. The Hall–Kier alpha value is -1.68. The maximum atomic E-state index is 4.09. The molecule has 0 spiro atoms. The van der Waals surface area contributed by atoms with Crippen molar-refractivity contribution in [2.45, 2.75) is 19.9 Å². The summed E-state index contributed by atoms with van der Waals surface area (Å²) < 4.78 is 0. The summed E-state index contributed by atoms with van der Waals surface area (Å²) in [6.07, 6.45) is 6.60. The number of aromatic amines is 1. The fourth-order valence-corrected chi connectivity index (χ4v) is 1.61. The van der Waals surface area contributed by atoms with Crippen LogP contribution in [0.15, 0.2) is 30.7 Å². The molecular formula is C12H16N4. The fourth-order valence-electron chi connectivity index (χ4n) is 1.61. The van der Waals surface area contributed by atoms with E-state index in [0.717, 1.165) is 30.8 Å². The van der Waals surface area contributed by atoms with E-state index >= 15 is 0 Å². The van der Waals surface area contributed by atoms with Gasteiger partial charge in [0.1, 0.15) is 0 Å². The number of H-pyrrole nitrogens is 1. The molecule has 4 nitrogen and oxygen atoms in total. The molecule has 4 heteroatoms. The highest BCUT2D eigenvalue weighted by Crippen LogP contribution is 2.19. The molecule has 0 radical (unpaired) electrons. The first-order valence-electron chi connectivity index (χ1n) is 5.55. The van der Waals surface area contributed by atoms with E-state index in [2.05, 4.69) is 27.4 Å². The Kier molecular flexibility index (Phi) is 3.66. The monoisotopic (exact) mass is 216 g/mol. The Labute approximate surface area is 95.1 Å². The third-order valence-corrected chi connectivity index (χ3v) is 2.43. The lowest BCUT2D eigenvalue weighted by atomic mass is 10.1. The SMILES string of the molecule is CCCNCc1cn[nH]c1-c1ccncc1. The summed E-state index contributed by atoms with van der Waals surface area (Å²) in [5.74, 6) is 0. The number of hydrogen-bond acceptors (Lipinski definition) is 3. The molecule has 2 heterocycles. The molecule has 2 rings (SSSR count). The van der Waals surface area contributed by atoms with E-state index in [1.807, 2.05) is 18.3 Å². The Morgan fingerprint density at radius 2 is 2.12 bits per heavy atom. The van der Waals surface area contributed by atoms with Gasteiger partial charge in [-0.05, 0) is 25.1 Å². The fraction of sp³-hybridized carbons (Fsp3) is 0.333. The summed E-state index contributed by atoms with van der Waals surface area (Å²) >= 11 is 0. The zero-order valence-electron chi connectivity index (χ0n) is 9.40. The summed E-state index contributed by atoms with van der Waals surface area (Å²) in [4.78, 5) is 4.01. The maximum absolute atomic E-state index is 4.09. The normalized spacial score (nSPS) is 10.6. The van der Waals surface area contributed by atoms with E-state index < -0.39 is 0 Å². The molecule has 2 N–H and O–H groups in total. The predicted octanol–water partition coefficient (Wildman–Crippen LogP) is 1.97. The summed E-state index contributed by atoms with van der Waals surface area (Å²) in [5, 5.41) is 10.5. The molecule has 0 aliphatic carbocycles. The third kappa shape index (κ3) is 2.46. The quantitative estimate of drug-likeness (QED) is 0.751. The van der Waals surface area contributed by atoms with Crippen molar-refractivity contribution in [2.75, 3.05) is 6.54 Å². The molecule has 84 valence electrons. The van der Waals surface area contributed by atoms with E-state index in [9.17, 15) is 0 Å². The van der Waals surface area contributed by atoms with E-state index in [1.165, 1.54) is 5.56 Å². The summed E-state index contributed by atoms with van der Waals surface area (Å²) in [6.45, 7) is 4.04. The van der Waals surface area contributed by atoms with Crippen LogP contribution in [-0.2, 0) is 6.54 Å². The number of nitrogens with zero attached hydrogens (tertiary/aromatic N) is 2. The lowest BCUT2D eigenvalue weighted by Crippen LogP contribution is -2.13. The average Bonchev–Trinajstić information content (AvgIpc) is 2.79. The molecule has 0 saturated heterocycles. The van der Waals surface area contributed by atoms with Crippen molar-refractivity contribution in [3.05, 3.63) is 36.3 Å². The van der Waals surface area contributed by atoms with Crippen molar-refractivity contribution >= 4 is 0 Å². The molecule has 2 aromatic rings. The molecule has 0 aliphatic heterocycles. The second-order valence-corrected chi connectivity index (χ2v) is 3.68. The molecular weight excluding hydrogens is 200 g/mol. The summed E-state index contributed by atoms with van der Waals surface area (Å²) in [5.41, 5.74) is 3.39. The van der Waals surface area contributed by atoms with Crippen molar-refractivity contribution in [2.24, 2.45) is 0 Å². The Morgan fingerprint density at radius 3 is 2.88 bits per heavy atom. The van der Waals surface area contributed by atoms with Gasteiger partial charge >= 0.3 is 0 Å². The van der Waals surface area contributed by atoms with Gasteiger partial charge in [-0.25, -0.2) is 0 Å². The summed E-state index contributed by atoms with van der Waals surface area (Å²) in [6, 6.07) is 3.97. The molecule has 16 heavy (non-hydrogen) atoms. The molecule has 0 unspecified atom stereocenters. The Balaban J connectivity index is 2.13. The number of aromatic nitrogens is 3. The topological polar surface area (TPSA) is 53.6 Å². The number of rotatable bonds is 5. The first-order valence-corrected chi connectivity index (χ1v) is 5.55. The van der Waals surface area contributed by atoms with E-state index in [0.29, 0.717) is 0 Å². The molecule has 0 saturated carbocycles. The second kappa shape index (κ2) is 5.42. The van der Waals surface area contributed by atoms with Crippen LogP contribution < -0.4 is 5.32 Å². The molecule has 0 bridgehead atoms. The van der Waals surface area contributed by atoms with Crippen LogP contribution in [-0.4, -0.2) is 21.7 Å². The van der Waals surface area contributed by atoms with Gasteiger partial charge in [0, 0.05) is 30.1 Å². The van der Waals surface area contributed by atoms with Crippen molar-refractivity contribution in [3.63, 3.8) is 0 Å². The van der Waals surface area contributed by atoms with Crippen LogP contribution in [0.1, 0.15) is 18.9 Å². The van der Waals surface area contributed by atoms with Crippen molar-refractivity contribution in [1.29, 1.82) is 0 Å². The molecule has 0 fully saturated rings. The van der Waals surface area contributed by atoms with E-state index in [4.69, 9.17) is 0 Å². The van der Waals surface area contributed by atoms with Crippen LogP contribution in [0.25, 0.3) is 11.3 Å². The molecule has 0 atom stereocenters. The standard InChI is InChI=1S/C12H16N4/c1-2-5-14-8-11-9-15-16-12(11)10-3-6-13-7-4-10/h3-4,6-7,9,14H,2,5,8H2,1H3,(H,15,16). The van der Waals surface area contributed by atoms with Gasteiger partial charge in [0.2, 0.25) is 0 Å². The van der Waals surface area contributed by atoms with Crippen LogP contribution >= 0.6 is 0 Å². The molecule has 0 amide bonds. The molecule has 2 aromatic heterocycles. The van der Waals surface area contributed by atoms with E-state index in [-0.39, 0.29) is 0 Å². The minimum atomic E-state index is 0.849. The lowest BCUT2D eigenvalue weighted by molar-refractivity contribution is 0.676. The van der Waals surface area contributed by atoms with Gasteiger partial charge in [-0.2, -0.15) is 5.10 Å². The van der Waals surface area contributed by atoms with Gasteiger partial charge in [-0.3, -0.25) is 10.1 Å². The number of pyridine rings is 1. The van der Waals surface area contributed by atoms with Gasteiger partial charge in [0.05, 0.1) is 11.9 Å². The highest BCUT2D eigenvalue weighted by Gasteiger charge is 2.06. The van der Waals surface area contributed by atoms with Gasteiger partial charge in [0.25, 0.3) is 0 Å². The van der Waals surface area contributed by atoms with Crippen molar-refractivity contribution in [1.82, 2.24) is 20.5 Å². The predicted molar refractivity (Wildman–Crippen MR) is 63.8 cm³/mol. The zero-order valence-corrected chi connectivity index (χ0v) is 9.40. The van der Waals surface area contributed by atoms with Gasteiger partial charge < -0.3 is 5.32 Å². The molecule has 0 aromatic carbocycles. The van der Waals surface area contributed by atoms with Crippen LogP contribution in [0, 0.1) is 0 Å². The van der Waals surface area contributed by atoms with Crippen LogP contribution in [0.4, 0.5) is 0 Å². The minimum Gasteiger partial charge on any atom is -0.313 e. The smallest absolute Gasteiger partial charge is 0.0696 e. The lowest BCUT2D eigenvalue weighted by Gasteiger charge is -2.04. The third-order valence-electron chi connectivity index (χ3n) is 2.43. The highest BCUT2D eigenvalue weighted by atomic mass is 15.1. The highest BCUT2D eigenvalue weighted by molar-refractivity contribution is 5.61.